The van der Waals surface area contributed by atoms with Crippen molar-refractivity contribution < 1.29 is 9.72 Å². The van der Waals surface area contributed by atoms with Gasteiger partial charge in [-0.1, -0.05) is 29.8 Å². The van der Waals surface area contributed by atoms with Crippen LogP contribution < -0.4 is 5.32 Å². The summed E-state index contributed by atoms with van der Waals surface area (Å²) in [5.74, 6) is -0.492. The minimum atomic E-state index is -0.492. The molecule has 6 nitrogen and oxygen atoms in total. The summed E-state index contributed by atoms with van der Waals surface area (Å²) in [6.07, 6.45) is 1.50. The highest BCUT2D eigenvalue weighted by Gasteiger charge is 2.17. The van der Waals surface area contributed by atoms with Crippen LogP contribution in [-0.4, -0.2) is 10.8 Å². The third kappa shape index (κ3) is 4.45. The van der Waals surface area contributed by atoms with E-state index in [1.165, 1.54) is 23.5 Å². The van der Waals surface area contributed by atoms with E-state index >= 15 is 0 Å². The highest BCUT2D eigenvalue weighted by molar-refractivity contribution is 7.16. The van der Waals surface area contributed by atoms with Crippen LogP contribution in [-0.2, 0) is 4.79 Å². The van der Waals surface area contributed by atoms with Crippen LogP contribution in [0.15, 0.2) is 54.1 Å². The molecule has 0 fully saturated rings. The Labute approximate surface area is 178 Å². The van der Waals surface area contributed by atoms with E-state index in [2.05, 4.69) is 5.32 Å². The maximum atomic E-state index is 12.7. The highest BCUT2D eigenvalue weighted by Crippen LogP contribution is 2.35. The predicted molar refractivity (Wildman–Crippen MR) is 119 cm³/mol. The molecule has 3 rings (SSSR count). The van der Waals surface area contributed by atoms with E-state index in [0.29, 0.717) is 21.0 Å². The van der Waals surface area contributed by atoms with Gasteiger partial charge in [-0.25, -0.2) is 0 Å². The molecule has 0 aliphatic carbocycles. The number of rotatable bonds is 5. The Morgan fingerprint density at radius 2 is 1.80 bits per heavy atom. The lowest BCUT2D eigenvalue weighted by Gasteiger charge is -2.12. The molecular weight excluding hydrogens is 398 g/mol. The summed E-state index contributed by atoms with van der Waals surface area (Å²) in [7, 11) is 0. The number of aryl methyl sites for hydroxylation is 3. The molecule has 3 aromatic rings. The first-order valence-electron chi connectivity index (χ1n) is 9.14. The van der Waals surface area contributed by atoms with Gasteiger partial charge in [-0.2, -0.15) is 5.26 Å². The maximum absolute atomic E-state index is 12.7. The van der Waals surface area contributed by atoms with Gasteiger partial charge in [0.25, 0.3) is 11.6 Å². The van der Waals surface area contributed by atoms with E-state index in [9.17, 15) is 20.2 Å². The van der Waals surface area contributed by atoms with E-state index in [0.717, 1.165) is 16.7 Å². The molecule has 0 spiro atoms. The number of benzene rings is 2. The van der Waals surface area contributed by atoms with Crippen molar-refractivity contribution in [1.29, 1.82) is 5.26 Å². The Balaban J connectivity index is 1.89. The topological polar surface area (TPSA) is 96.0 Å². The average molecular weight is 417 g/mol. The molecule has 0 aliphatic heterocycles. The molecule has 0 atom stereocenters. The number of nitrogens with zero attached hydrogens (tertiary/aromatic N) is 2. The minimum Gasteiger partial charge on any atom is -0.321 e. The first-order chi connectivity index (χ1) is 14.3. The lowest BCUT2D eigenvalue weighted by Crippen LogP contribution is -2.15. The fraction of sp³-hybridized carbons (Fsp3) is 0.130. The number of carbonyl (C=O) groups excluding carboxylic acids is 1. The molecule has 1 aromatic heterocycles. The molecule has 0 radical (unpaired) electrons. The molecule has 0 bridgehead atoms. The van der Waals surface area contributed by atoms with Crippen molar-refractivity contribution >= 4 is 34.7 Å². The van der Waals surface area contributed by atoms with Crippen molar-refractivity contribution in [3.05, 3.63) is 85.8 Å². The summed E-state index contributed by atoms with van der Waals surface area (Å²) in [5.41, 5.74) is 4.12. The van der Waals surface area contributed by atoms with Crippen LogP contribution in [0.4, 0.5) is 11.4 Å². The smallest absolute Gasteiger partial charge is 0.278 e. The number of carbonyl (C=O) groups is 1. The third-order valence-electron chi connectivity index (χ3n) is 4.56. The summed E-state index contributed by atoms with van der Waals surface area (Å²) < 4.78 is 0. The van der Waals surface area contributed by atoms with E-state index in [4.69, 9.17) is 0 Å². The monoisotopic (exact) mass is 417 g/mol. The number of nitro benzene ring substituents is 1. The zero-order chi connectivity index (χ0) is 21.8. The average Bonchev–Trinajstić information content (AvgIpc) is 3.17. The van der Waals surface area contributed by atoms with Gasteiger partial charge in [0.2, 0.25) is 0 Å². The number of para-hydroxylation sites is 1. The van der Waals surface area contributed by atoms with Crippen molar-refractivity contribution in [1.82, 2.24) is 0 Å². The number of nitrogens with one attached hydrogen (secondary N) is 1. The molecular formula is C23H19N3O3S. The highest BCUT2D eigenvalue weighted by atomic mass is 32.1. The Bertz CT molecular complexity index is 1200. The van der Waals surface area contributed by atoms with Gasteiger partial charge in [-0.05, 0) is 56.2 Å². The quantitative estimate of drug-likeness (QED) is 0.246. The number of thiophene rings is 1. The Hall–Kier alpha value is -3.76. The molecule has 7 heteroatoms. The SMILES string of the molecule is Cc1cc(C)c(NC(=O)/C(C#N)=C/c2ccc(-c3ccccc3[N+](=O)[O-])s2)c(C)c1. The molecule has 0 saturated carbocycles. The Morgan fingerprint density at radius 1 is 1.13 bits per heavy atom. The van der Waals surface area contributed by atoms with E-state index in [1.807, 2.05) is 39.0 Å². The number of amides is 1. The van der Waals surface area contributed by atoms with Crippen LogP contribution in [0.25, 0.3) is 16.5 Å². The molecule has 2 aromatic carbocycles. The van der Waals surface area contributed by atoms with Crippen molar-refractivity contribution in [2.45, 2.75) is 20.8 Å². The van der Waals surface area contributed by atoms with Crippen molar-refractivity contribution in [2.24, 2.45) is 0 Å². The normalized spacial score (nSPS) is 11.1. The zero-order valence-corrected chi connectivity index (χ0v) is 17.5. The Kier molecular flexibility index (Phi) is 6.09. The number of nitro groups is 1. The predicted octanol–water partition coefficient (Wildman–Crippen LogP) is 5.79. The van der Waals surface area contributed by atoms with Crippen LogP contribution in [0.2, 0.25) is 0 Å². The van der Waals surface area contributed by atoms with Crippen molar-refractivity contribution in [2.75, 3.05) is 5.32 Å². The summed E-state index contributed by atoms with van der Waals surface area (Å²) >= 11 is 1.28. The van der Waals surface area contributed by atoms with Gasteiger partial charge < -0.3 is 5.32 Å². The molecule has 1 N–H and O–H groups in total. The molecule has 1 heterocycles. The molecule has 1 amide bonds. The second-order valence-corrected chi connectivity index (χ2v) is 7.99. The van der Waals surface area contributed by atoms with Crippen LogP contribution in [0.5, 0.6) is 0 Å². The van der Waals surface area contributed by atoms with Gasteiger partial charge in [0.15, 0.2) is 0 Å². The minimum absolute atomic E-state index is 0.0125. The lowest BCUT2D eigenvalue weighted by atomic mass is 10.0. The van der Waals surface area contributed by atoms with Crippen LogP contribution in [0, 0.1) is 42.2 Å². The summed E-state index contributed by atoms with van der Waals surface area (Å²) in [4.78, 5) is 24.9. The largest absolute Gasteiger partial charge is 0.321 e. The van der Waals surface area contributed by atoms with Gasteiger partial charge in [0.1, 0.15) is 11.6 Å². The van der Waals surface area contributed by atoms with Gasteiger partial charge >= 0.3 is 0 Å². The first-order valence-corrected chi connectivity index (χ1v) is 9.96. The Morgan fingerprint density at radius 3 is 2.43 bits per heavy atom. The number of hydrogen-bond donors (Lipinski definition) is 1. The standard InChI is InChI=1S/C23H19N3O3S/c1-14-10-15(2)22(16(3)11-14)25-23(27)17(13-24)12-18-8-9-21(30-18)19-6-4-5-7-20(19)26(28)29/h4-12H,1-3H3,(H,25,27)/b17-12+. The second kappa shape index (κ2) is 8.72. The van der Waals surface area contributed by atoms with Gasteiger partial charge in [-0.15, -0.1) is 11.3 Å². The fourth-order valence-corrected chi connectivity index (χ4v) is 4.25. The van der Waals surface area contributed by atoms with Crippen molar-refractivity contribution in [3.8, 4) is 16.5 Å². The third-order valence-corrected chi connectivity index (χ3v) is 5.63. The fourth-order valence-electron chi connectivity index (χ4n) is 3.27. The summed E-state index contributed by atoms with van der Waals surface area (Å²) in [6.45, 7) is 5.80. The van der Waals surface area contributed by atoms with Crippen LogP contribution >= 0.6 is 11.3 Å². The molecule has 0 saturated heterocycles. The molecule has 0 unspecified atom stereocenters. The summed E-state index contributed by atoms with van der Waals surface area (Å²) in [6, 6.07) is 15.9. The first kappa shape index (κ1) is 21.0. The molecule has 150 valence electrons. The number of anilines is 1. The van der Waals surface area contributed by atoms with E-state index in [1.54, 1.807) is 30.3 Å². The van der Waals surface area contributed by atoms with Gasteiger partial charge in [0, 0.05) is 21.5 Å². The molecule has 0 aliphatic rings. The molecule has 30 heavy (non-hydrogen) atoms. The lowest BCUT2D eigenvalue weighted by molar-refractivity contribution is -0.384. The number of nitriles is 1. The van der Waals surface area contributed by atoms with Crippen LogP contribution in [0.3, 0.4) is 0 Å². The van der Waals surface area contributed by atoms with Gasteiger partial charge in [0.05, 0.1) is 10.5 Å². The second-order valence-electron chi connectivity index (χ2n) is 6.87. The van der Waals surface area contributed by atoms with Gasteiger partial charge in [-0.3, -0.25) is 14.9 Å². The van der Waals surface area contributed by atoms with E-state index in [-0.39, 0.29) is 11.3 Å². The maximum Gasteiger partial charge on any atom is 0.278 e. The van der Waals surface area contributed by atoms with Crippen molar-refractivity contribution in [3.63, 3.8) is 0 Å². The van der Waals surface area contributed by atoms with E-state index < -0.39 is 10.8 Å². The summed E-state index contributed by atoms with van der Waals surface area (Å²) in [5, 5.41) is 23.6. The zero-order valence-electron chi connectivity index (χ0n) is 16.7. The number of hydrogen-bond acceptors (Lipinski definition) is 5. The van der Waals surface area contributed by atoms with Crippen LogP contribution in [0.1, 0.15) is 21.6 Å².